The van der Waals surface area contributed by atoms with Crippen LogP contribution in [0.2, 0.25) is 0 Å². The molecule has 4 nitrogen and oxygen atoms in total. The lowest BCUT2D eigenvalue weighted by atomic mass is 10.1. The average molecular weight is 444 g/mol. The van der Waals surface area contributed by atoms with Crippen molar-refractivity contribution in [2.45, 2.75) is 18.8 Å². The molecular weight excluding hydrogens is 426 g/mol. The Kier molecular flexibility index (Phi) is 6.28. The van der Waals surface area contributed by atoms with Crippen molar-refractivity contribution in [3.05, 3.63) is 70.8 Å². The zero-order chi connectivity index (χ0) is 22.8. The molecule has 1 aliphatic heterocycles. The normalized spacial score (nSPS) is 15.5. The van der Waals surface area contributed by atoms with Gasteiger partial charge in [-0.15, -0.1) is 0 Å². The Bertz CT molecular complexity index is 893. The van der Waals surface area contributed by atoms with Gasteiger partial charge in [0, 0.05) is 26.2 Å². The molecule has 0 atom stereocenters. The van der Waals surface area contributed by atoms with Crippen molar-refractivity contribution in [3.63, 3.8) is 0 Å². The minimum atomic E-state index is -4.71. The highest BCUT2D eigenvalue weighted by atomic mass is 19.4. The first-order valence-electron chi connectivity index (χ1n) is 9.41. The fourth-order valence-electron chi connectivity index (χ4n) is 3.50. The predicted molar refractivity (Wildman–Crippen MR) is 99.3 cm³/mol. The van der Waals surface area contributed by atoms with E-state index < -0.39 is 46.4 Å². The van der Waals surface area contributed by atoms with Gasteiger partial charge in [0.2, 0.25) is 0 Å². The third kappa shape index (κ3) is 5.00. The van der Waals surface area contributed by atoms with Crippen molar-refractivity contribution < 1.29 is 35.9 Å². The molecule has 0 spiro atoms. The lowest BCUT2D eigenvalue weighted by Crippen LogP contribution is -2.38. The maximum Gasteiger partial charge on any atom is 0.417 e. The van der Waals surface area contributed by atoms with Gasteiger partial charge in [0.1, 0.15) is 0 Å². The van der Waals surface area contributed by atoms with Gasteiger partial charge < -0.3 is 9.80 Å². The van der Waals surface area contributed by atoms with Crippen molar-refractivity contribution in [2.24, 2.45) is 0 Å². The molecule has 0 unspecified atom stereocenters. The Morgan fingerprint density at radius 1 is 0.613 bits per heavy atom. The van der Waals surface area contributed by atoms with Crippen LogP contribution in [0.1, 0.15) is 38.3 Å². The summed E-state index contributed by atoms with van der Waals surface area (Å²) >= 11 is 0. The first-order chi connectivity index (χ1) is 14.5. The molecule has 0 radical (unpaired) electrons. The van der Waals surface area contributed by atoms with Gasteiger partial charge in [0.25, 0.3) is 11.8 Å². The number of hydrogen-bond acceptors (Lipinski definition) is 2. The number of halogens is 6. The summed E-state index contributed by atoms with van der Waals surface area (Å²) in [6.45, 7) is -0.0264. The van der Waals surface area contributed by atoms with E-state index in [-0.39, 0.29) is 32.6 Å². The molecule has 1 heterocycles. The highest BCUT2D eigenvalue weighted by Gasteiger charge is 2.38. The van der Waals surface area contributed by atoms with Crippen LogP contribution in [0.4, 0.5) is 26.3 Å². The average Bonchev–Trinajstić information content (AvgIpc) is 2.98. The Morgan fingerprint density at radius 2 is 0.968 bits per heavy atom. The zero-order valence-electron chi connectivity index (χ0n) is 16.1. The summed E-state index contributed by atoms with van der Waals surface area (Å²) in [5.74, 6) is -1.67. The van der Waals surface area contributed by atoms with Gasteiger partial charge in [0.15, 0.2) is 0 Å². The first-order valence-corrected chi connectivity index (χ1v) is 9.41. The lowest BCUT2D eigenvalue weighted by molar-refractivity contribution is -0.138. The molecule has 2 amide bonds. The summed E-state index contributed by atoms with van der Waals surface area (Å²) < 4.78 is 79.4. The van der Waals surface area contributed by atoms with E-state index >= 15 is 0 Å². The largest absolute Gasteiger partial charge is 0.417 e. The van der Waals surface area contributed by atoms with Gasteiger partial charge in [-0.05, 0) is 30.7 Å². The monoisotopic (exact) mass is 444 g/mol. The van der Waals surface area contributed by atoms with E-state index in [9.17, 15) is 35.9 Å². The highest BCUT2D eigenvalue weighted by molar-refractivity contribution is 5.97. The molecule has 0 N–H and O–H groups in total. The second-order valence-electron chi connectivity index (χ2n) is 7.02. The van der Waals surface area contributed by atoms with E-state index in [4.69, 9.17) is 0 Å². The van der Waals surface area contributed by atoms with Crippen molar-refractivity contribution in [3.8, 4) is 0 Å². The summed E-state index contributed by atoms with van der Waals surface area (Å²) in [5, 5.41) is 0. The summed E-state index contributed by atoms with van der Waals surface area (Å²) in [6, 6.07) is 8.80. The predicted octanol–water partition coefficient (Wildman–Crippen LogP) is 4.71. The SMILES string of the molecule is O=C(c1ccccc1C(F)(F)F)N1CCCN(C(=O)c2ccccc2C(F)(F)F)CC1. The van der Waals surface area contributed by atoms with Crippen LogP contribution in [0.3, 0.4) is 0 Å². The van der Waals surface area contributed by atoms with E-state index in [1.165, 1.54) is 34.1 Å². The minimum Gasteiger partial charge on any atom is -0.337 e. The molecule has 3 rings (SSSR count). The van der Waals surface area contributed by atoms with Crippen LogP contribution in [0.5, 0.6) is 0 Å². The first kappa shape index (κ1) is 22.6. The van der Waals surface area contributed by atoms with Crippen molar-refractivity contribution in [1.29, 1.82) is 0 Å². The standard InChI is InChI=1S/C21H18F6N2O2/c22-20(23,24)16-8-3-1-6-14(16)18(30)28-10-5-11-29(13-12-28)19(31)15-7-2-4-9-17(15)21(25,26)27/h1-4,6-9H,5,10-13H2. The third-order valence-corrected chi connectivity index (χ3v) is 5.00. The Morgan fingerprint density at radius 3 is 1.32 bits per heavy atom. The molecule has 0 saturated carbocycles. The molecule has 166 valence electrons. The van der Waals surface area contributed by atoms with Crippen molar-refractivity contribution >= 4 is 11.8 Å². The zero-order valence-corrected chi connectivity index (χ0v) is 16.1. The maximum atomic E-state index is 13.2. The van der Waals surface area contributed by atoms with Crippen molar-refractivity contribution in [2.75, 3.05) is 26.2 Å². The summed E-state index contributed by atoms with van der Waals surface area (Å²) in [6.07, 6.45) is -9.19. The molecule has 0 bridgehead atoms. The van der Waals surface area contributed by atoms with Crippen LogP contribution in [-0.2, 0) is 12.4 Å². The minimum absolute atomic E-state index is 0.0791. The van der Waals surface area contributed by atoms with Crippen LogP contribution >= 0.6 is 0 Å². The molecule has 1 fully saturated rings. The van der Waals surface area contributed by atoms with E-state index in [1.54, 1.807) is 0 Å². The summed E-state index contributed by atoms with van der Waals surface area (Å²) in [4.78, 5) is 27.8. The molecule has 1 saturated heterocycles. The van der Waals surface area contributed by atoms with Gasteiger partial charge in [-0.2, -0.15) is 26.3 Å². The number of carbonyl (C=O) groups excluding carboxylic acids is 2. The molecule has 10 heteroatoms. The van der Waals surface area contributed by atoms with Gasteiger partial charge in [-0.25, -0.2) is 0 Å². The molecule has 2 aromatic carbocycles. The Labute approximate surface area is 174 Å². The number of alkyl halides is 6. The number of amides is 2. The van der Waals surface area contributed by atoms with Crippen molar-refractivity contribution in [1.82, 2.24) is 9.80 Å². The fraction of sp³-hybridized carbons (Fsp3) is 0.333. The summed E-state index contributed by atoms with van der Waals surface area (Å²) in [5.41, 5.74) is -3.12. The fourth-order valence-corrected chi connectivity index (χ4v) is 3.50. The van der Waals surface area contributed by atoms with E-state index in [0.29, 0.717) is 0 Å². The van der Waals surface area contributed by atoms with E-state index in [2.05, 4.69) is 0 Å². The maximum absolute atomic E-state index is 13.2. The topological polar surface area (TPSA) is 40.6 Å². The number of carbonyl (C=O) groups is 2. The molecule has 0 aliphatic carbocycles. The van der Waals surface area contributed by atoms with E-state index in [0.717, 1.165) is 24.3 Å². The van der Waals surface area contributed by atoms with Gasteiger partial charge in [-0.3, -0.25) is 9.59 Å². The number of rotatable bonds is 2. The second kappa shape index (κ2) is 8.60. The van der Waals surface area contributed by atoms with Gasteiger partial charge >= 0.3 is 12.4 Å². The third-order valence-electron chi connectivity index (χ3n) is 5.00. The number of benzene rings is 2. The number of nitrogens with zero attached hydrogens (tertiary/aromatic N) is 2. The highest BCUT2D eigenvalue weighted by Crippen LogP contribution is 2.33. The van der Waals surface area contributed by atoms with Gasteiger partial charge in [-0.1, -0.05) is 24.3 Å². The molecule has 31 heavy (non-hydrogen) atoms. The number of hydrogen-bond donors (Lipinski definition) is 0. The quantitative estimate of drug-likeness (QED) is 0.630. The molecule has 2 aromatic rings. The van der Waals surface area contributed by atoms with Crippen LogP contribution in [0.25, 0.3) is 0 Å². The van der Waals surface area contributed by atoms with Crippen LogP contribution in [0.15, 0.2) is 48.5 Å². The second-order valence-corrected chi connectivity index (χ2v) is 7.02. The van der Waals surface area contributed by atoms with Crippen LogP contribution in [0, 0.1) is 0 Å². The Hall–Kier alpha value is -3.04. The van der Waals surface area contributed by atoms with Crippen LogP contribution in [-0.4, -0.2) is 47.8 Å². The molecule has 0 aromatic heterocycles. The smallest absolute Gasteiger partial charge is 0.337 e. The summed E-state index contributed by atoms with van der Waals surface area (Å²) in [7, 11) is 0. The lowest BCUT2D eigenvalue weighted by Gasteiger charge is -2.24. The van der Waals surface area contributed by atoms with Crippen LogP contribution < -0.4 is 0 Å². The van der Waals surface area contributed by atoms with Gasteiger partial charge in [0.05, 0.1) is 22.3 Å². The van der Waals surface area contributed by atoms with E-state index in [1.807, 2.05) is 0 Å². The molecular formula is C21H18F6N2O2. The molecule has 1 aliphatic rings. The Balaban J connectivity index is 1.78.